The summed E-state index contributed by atoms with van der Waals surface area (Å²) in [7, 11) is 2.14. The predicted octanol–water partition coefficient (Wildman–Crippen LogP) is 3.05. The van der Waals surface area contributed by atoms with E-state index in [1.54, 1.807) is 0 Å². The summed E-state index contributed by atoms with van der Waals surface area (Å²) in [6.07, 6.45) is 8.78. The molecule has 1 rings (SSSR count). The summed E-state index contributed by atoms with van der Waals surface area (Å²) in [4.78, 5) is 2.31. The Bertz CT molecular complexity index is 178. The predicted molar refractivity (Wildman–Crippen MR) is 69.6 cm³/mol. The average Bonchev–Trinajstić information content (AvgIpc) is 2.70. The maximum Gasteiger partial charge on any atom is 0.0669 e. The number of nitrogens with zero attached hydrogens (tertiary/aromatic N) is 1. The maximum atomic E-state index is 10.1. The highest BCUT2D eigenvalue weighted by molar-refractivity contribution is 4.74. The molecular formula is C14H29NO. The summed E-state index contributed by atoms with van der Waals surface area (Å²) in [5.74, 6) is 0.796. The zero-order valence-electron chi connectivity index (χ0n) is 11.3. The lowest BCUT2D eigenvalue weighted by Crippen LogP contribution is -2.36. The van der Waals surface area contributed by atoms with Crippen molar-refractivity contribution in [1.82, 2.24) is 4.90 Å². The van der Waals surface area contributed by atoms with Crippen LogP contribution in [0, 0.1) is 5.92 Å². The summed E-state index contributed by atoms with van der Waals surface area (Å²) in [5.41, 5.74) is 0. The first kappa shape index (κ1) is 14.0. The molecule has 96 valence electrons. The molecule has 0 aromatic carbocycles. The molecule has 1 N–H and O–H groups in total. The van der Waals surface area contributed by atoms with Crippen molar-refractivity contribution in [1.29, 1.82) is 0 Å². The van der Waals surface area contributed by atoms with Crippen LogP contribution < -0.4 is 0 Å². The number of hydrogen-bond donors (Lipinski definition) is 1. The Balaban J connectivity index is 2.18. The molecule has 0 aromatic heterocycles. The maximum absolute atomic E-state index is 10.1. The second kappa shape index (κ2) is 7.29. The molecule has 0 spiro atoms. The second-order valence-electron chi connectivity index (χ2n) is 5.62. The third kappa shape index (κ3) is 4.84. The van der Waals surface area contributed by atoms with E-state index in [-0.39, 0.29) is 6.10 Å². The number of likely N-dealkylation sites (N-methyl/N-ethyl adjacent to an activating group) is 1. The fraction of sp³-hybridized carbons (Fsp3) is 1.00. The van der Waals surface area contributed by atoms with Crippen molar-refractivity contribution in [2.24, 2.45) is 5.92 Å². The highest BCUT2D eigenvalue weighted by Gasteiger charge is 2.20. The molecule has 16 heavy (non-hydrogen) atoms. The van der Waals surface area contributed by atoms with E-state index in [2.05, 4.69) is 25.8 Å². The molecular weight excluding hydrogens is 198 g/mol. The highest BCUT2D eigenvalue weighted by Crippen LogP contribution is 2.28. The van der Waals surface area contributed by atoms with E-state index in [4.69, 9.17) is 0 Å². The SMILES string of the molecule is CCCC(C)N(C)CC(O)CC1CCCC1. The Kier molecular flexibility index (Phi) is 6.37. The van der Waals surface area contributed by atoms with Crippen molar-refractivity contribution in [2.45, 2.75) is 70.9 Å². The molecule has 2 nitrogen and oxygen atoms in total. The molecule has 0 heterocycles. The van der Waals surface area contributed by atoms with E-state index in [9.17, 15) is 5.11 Å². The number of aliphatic hydroxyl groups excluding tert-OH is 1. The van der Waals surface area contributed by atoms with Crippen LogP contribution >= 0.6 is 0 Å². The van der Waals surface area contributed by atoms with Crippen molar-refractivity contribution < 1.29 is 5.11 Å². The van der Waals surface area contributed by atoms with Gasteiger partial charge in [-0.1, -0.05) is 39.0 Å². The quantitative estimate of drug-likeness (QED) is 0.722. The van der Waals surface area contributed by atoms with Crippen LogP contribution in [0.5, 0.6) is 0 Å². The van der Waals surface area contributed by atoms with Gasteiger partial charge in [-0.05, 0) is 32.7 Å². The fourth-order valence-electron chi connectivity index (χ4n) is 2.86. The molecule has 2 atom stereocenters. The van der Waals surface area contributed by atoms with Gasteiger partial charge < -0.3 is 10.0 Å². The third-order valence-electron chi connectivity index (χ3n) is 4.04. The first-order valence-corrected chi connectivity index (χ1v) is 7.01. The van der Waals surface area contributed by atoms with Crippen molar-refractivity contribution in [2.75, 3.05) is 13.6 Å². The van der Waals surface area contributed by atoms with Gasteiger partial charge >= 0.3 is 0 Å². The van der Waals surface area contributed by atoms with E-state index in [0.29, 0.717) is 6.04 Å². The van der Waals surface area contributed by atoms with Crippen molar-refractivity contribution in [3.8, 4) is 0 Å². The summed E-state index contributed by atoms with van der Waals surface area (Å²) in [6.45, 7) is 5.32. The van der Waals surface area contributed by atoms with Crippen LogP contribution in [0.3, 0.4) is 0 Å². The first-order valence-electron chi connectivity index (χ1n) is 7.01. The van der Waals surface area contributed by atoms with Gasteiger partial charge in [0.25, 0.3) is 0 Å². The Morgan fingerprint density at radius 2 is 1.94 bits per heavy atom. The van der Waals surface area contributed by atoms with Crippen LogP contribution in [-0.2, 0) is 0 Å². The molecule has 0 radical (unpaired) electrons. The van der Waals surface area contributed by atoms with Gasteiger partial charge in [-0.2, -0.15) is 0 Å². The van der Waals surface area contributed by atoms with Crippen molar-refractivity contribution >= 4 is 0 Å². The third-order valence-corrected chi connectivity index (χ3v) is 4.04. The lowest BCUT2D eigenvalue weighted by atomic mass is 9.99. The lowest BCUT2D eigenvalue weighted by molar-refractivity contribution is 0.0855. The average molecular weight is 227 g/mol. The van der Waals surface area contributed by atoms with Crippen LogP contribution in [0.15, 0.2) is 0 Å². The van der Waals surface area contributed by atoms with Gasteiger partial charge in [0.2, 0.25) is 0 Å². The van der Waals surface area contributed by atoms with Gasteiger partial charge in [-0.25, -0.2) is 0 Å². The van der Waals surface area contributed by atoms with Gasteiger partial charge in [-0.15, -0.1) is 0 Å². The molecule has 0 aromatic rings. The smallest absolute Gasteiger partial charge is 0.0669 e. The van der Waals surface area contributed by atoms with Crippen molar-refractivity contribution in [3.63, 3.8) is 0 Å². The van der Waals surface area contributed by atoms with Crippen LogP contribution in [0.1, 0.15) is 58.8 Å². The highest BCUT2D eigenvalue weighted by atomic mass is 16.3. The summed E-state index contributed by atoms with van der Waals surface area (Å²) < 4.78 is 0. The molecule has 1 aliphatic carbocycles. The Labute approximate surface area is 101 Å². The molecule has 0 saturated heterocycles. The molecule has 2 unspecified atom stereocenters. The van der Waals surface area contributed by atoms with Gasteiger partial charge in [0.15, 0.2) is 0 Å². The van der Waals surface area contributed by atoms with E-state index >= 15 is 0 Å². The Morgan fingerprint density at radius 1 is 1.31 bits per heavy atom. The molecule has 1 fully saturated rings. The van der Waals surface area contributed by atoms with Crippen LogP contribution in [0.4, 0.5) is 0 Å². The lowest BCUT2D eigenvalue weighted by Gasteiger charge is -2.27. The monoisotopic (exact) mass is 227 g/mol. The van der Waals surface area contributed by atoms with Crippen LogP contribution in [-0.4, -0.2) is 35.7 Å². The largest absolute Gasteiger partial charge is 0.392 e. The van der Waals surface area contributed by atoms with Crippen LogP contribution in [0.25, 0.3) is 0 Å². The molecule has 0 amide bonds. The molecule has 0 bridgehead atoms. The normalized spacial score (nSPS) is 21.6. The zero-order valence-corrected chi connectivity index (χ0v) is 11.3. The first-order chi connectivity index (χ1) is 7.63. The minimum atomic E-state index is -0.118. The summed E-state index contributed by atoms with van der Waals surface area (Å²) >= 11 is 0. The number of aliphatic hydroxyl groups is 1. The summed E-state index contributed by atoms with van der Waals surface area (Å²) in [6, 6.07) is 0.600. The van der Waals surface area contributed by atoms with E-state index < -0.39 is 0 Å². The Morgan fingerprint density at radius 3 is 2.50 bits per heavy atom. The van der Waals surface area contributed by atoms with Crippen molar-refractivity contribution in [3.05, 3.63) is 0 Å². The minimum absolute atomic E-state index is 0.118. The zero-order chi connectivity index (χ0) is 12.0. The van der Waals surface area contributed by atoms with Gasteiger partial charge in [-0.3, -0.25) is 0 Å². The number of rotatable bonds is 7. The molecule has 0 aliphatic heterocycles. The van der Waals surface area contributed by atoms with E-state index in [1.807, 2.05) is 0 Å². The minimum Gasteiger partial charge on any atom is -0.392 e. The van der Waals surface area contributed by atoms with Gasteiger partial charge in [0.1, 0.15) is 0 Å². The molecule has 2 heteroatoms. The standard InChI is InChI=1S/C14H29NO/c1-4-7-12(2)15(3)11-14(16)10-13-8-5-6-9-13/h12-14,16H,4-11H2,1-3H3. The van der Waals surface area contributed by atoms with E-state index in [1.165, 1.54) is 38.5 Å². The summed E-state index contributed by atoms with van der Waals surface area (Å²) in [5, 5.41) is 10.1. The Hall–Kier alpha value is -0.0800. The van der Waals surface area contributed by atoms with E-state index in [0.717, 1.165) is 18.9 Å². The number of hydrogen-bond acceptors (Lipinski definition) is 2. The topological polar surface area (TPSA) is 23.5 Å². The molecule has 1 saturated carbocycles. The molecule has 1 aliphatic rings. The second-order valence-corrected chi connectivity index (χ2v) is 5.62. The van der Waals surface area contributed by atoms with Gasteiger partial charge in [0, 0.05) is 12.6 Å². The van der Waals surface area contributed by atoms with Gasteiger partial charge in [0.05, 0.1) is 6.10 Å². The fourth-order valence-corrected chi connectivity index (χ4v) is 2.86. The van der Waals surface area contributed by atoms with Crippen LogP contribution in [0.2, 0.25) is 0 Å².